The van der Waals surface area contributed by atoms with Crippen LogP contribution in [-0.4, -0.2) is 23.1 Å². The van der Waals surface area contributed by atoms with Gasteiger partial charge in [-0.25, -0.2) is 0 Å². The number of piperidine rings is 1. The van der Waals surface area contributed by atoms with Gasteiger partial charge in [-0.2, -0.15) is 9.97 Å². The van der Waals surface area contributed by atoms with Crippen molar-refractivity contribution in [1.82, 2.24) is 9.97 Å². The van der Waals surface area contributed by atoms with E-state index in [1.807, 2.05) is 0 Å². The lowest BCUT2D eigenvalue weighted by atomic mass is 10.1. The Balaban J connectivity index is 2.25. The van der Waals surface area contributed by atoms with Gasteiger partial charge >= 0.3 is 0 Å². The molecule has 1 aliphatic rings. The van der Waals surface area contributed by atoms with Crippen molar-refractivity contribution >= 4 is 17.6 Å². The summed E-state index contributed by atoms with van der Waals surface area (Å²) in [6, 6.07) is 1.58. The number of nitroso groups, excluding NO2 is 1. The number of aromatic nitrogens is 2. The Hall–Kier alpha value is -1.72. The van der Waals surface area contributed by atoms with E-state index >= 15 is 0 Å². The molecule has 0 radical (unpaired) electrons. The predicted molar refractivity (Wildman–Crippen MR) is 58.0 cm³/mol. The predicted octanol–water partition coefficient (Wildman–Crippen LogP) is 1.45. The van der Waals surface area contributed by atoms with Gasteiger partial charge in [-0.05, 0) is 24.4 Å². The highest BCUT2D eigenvalue weighted by Crippen LogP contribution is 2.21. The number of hydrogen-bond acceptors (Lipinski definition) is 6. The van der Waals surface area contributed by atoms with Gasteiger partial charge in [-0.1, -0.05) is 0 Å². The van der Waals surface area contributed by atoms with E-state index in [1.165, 1.54) is 6.42 Å². The zero-order chi connectivity index (χ0) is 10.7. The molecule has 0 amide bonds. The largest absolute Gasteiger partial charge is 0.368 e. The van der Waals surface area contributed by atoms with Gasteiger partial charge in [0.2, 0.25) is 11.8 Å². The van der Waals surface area contributed by atoms with Gasteiger partial charge in [0.05, 0.1) is 0 Å². The smallest absolute Gasteiger partial charge is 0.224 e. The van der Waals surface area contributed by atoms with E-state index in [0.717, 1.165) is 25.9 Å². The SMILES string of the molecule is Nc1nc(N=O)cc(N2CCCCC2)n1. The molecule has 1 aliphatic heterocycles. The lowest BCUT2D eigenvalue weighted by Crippen LogP contribution is -2.30. The summed E-state index contributed by atoms with van der Waals surface area (Å²) in [4.78, 5) is 20.3. The Bertz CT molecular complexity index is 362. The molecule has 0 spiro atoms. The molecule has 15 heavy (non-hydrogen) atoms. The second kappa shape index (κ2) is 4.20. The van der Waals surface area contributed by atoms with Crippen molar-refractivity contribution in [2.75, 3.05) is 23.7 Å². The molecule has 1 aromatic rings. The van der Waals surface area contributed by atoms with E-state index in [9.17, 15) is 4.91 Å². The summed E-state index contributed by atoms with van der Waals surface area (Å²) in [6.45, 7) is 1.91. The molecule has 1 aromatic heterocycles. The maximum absolute atomic E-state index is 10.4. The van der Waals surface area contributed by atoms with Crippen molar-refractivity contribution in [3.63, 3.8) is 0 Å². The van der Waals surface area contributed by atoms with Crippen LogP contribution >= 0.6 is 0 Å². The van der Waals surface area contributed by atoms with Crippen molar-refractivity contribution in [3.8, 4) is 0 Å². The van der Waals surface area contributed by atoms with Gasteiger partial charge in [0.25, 0.3) is 0 Å². The van der Waals surface area contributed by atoms with Crippen LogP contribution in [0.25, 0.3) is 0 Å². The third kappa shape index (κ3) is 2.20. The van der Waals surface area contributed by atoms with E-state index in [1.54, 1.807) is 6.07 Å². The van der Waals surface area contributed by atoms with Crippen LogP contribution in [0.15, 0.2) is 11.2 Å². The fraction of sp³-hybridized carbons (Fsp3) is 0.556. The van der Waals surface area contributed by atoms with Crippen molar-refractivity contribution in [2.45, 2.75) is 19.3 Å². The molecule has 0 aromatic carbocycles. The second-order valence-corrected chi connectivity index (χ2v) is 3.58. The first-order valence-corrected chi connectivity index (χ1v) is 5.02. The molecule has 6 nitrogen and oxygen atoms in total. The number of nitrogens with zero attached hydrogens (tertiary/aromatic N) is 4. The minimum absolute atomic E-state index is 0.100. The van der Waals surface area contributed by atoms with Crippen molar-refractivity contribution < 1.29 is 0 Å². The van der Waals surface area contributed by atoms with Gasteiger partial charge in [0.1, 0.15) is 5.82 Å². The van der Waals surface area contributed by atoms with Gasteiger partial charge in [-0.15, -0.1) is 4.91 Å². The molecule has 2 N–H and O–H groups in total. The highest BCUT2D eigenvalue weighted by atomic mass is 16.3. The summed E-state index contributed by atoms with van der Waals surface area (Å²) in [5, 5.41) is 2.78. The standard InChI is InChI=1S/C9H13N5O/c10-9-11-7(13-15)6-8(12-9)14-4-2-1-3-5-14/h6H,1-5H2,(H2,10,11,12). The van der Waals surface area contributed by atoms with Gasteiger partial charge < -0.3 is 10.6 Å². The number of anilines is 2. The van der Waals surface area contributed by atoms with Crippen molar-refractivity contribution in [1.29, 1.82) is 0 Å². The number of rotatable bonds is 2. The summed E-state index contributed by atoms with van der Waals surface area (Å²) in [5.74, 6) is 0.910. The Morgan fingerprint density at radius 2 is 2.00 bits per heavy atom. The zero-order valence-corrected chi connectivity index (χ0v) is 8.39. The van der Waals surface area contributed by atoms with Crippen LogP contribution in [0.5, 0.6) is 0 Å². The van der Waals surface area contributed by atoms with E-state index in [4.69, 9.17) is 5.73 Å². The third-order valence-electron chi connectivity index (χ3n) is 2.49. The summed E-state index contributed by atoms with van der Waals surface area (Å²) < 4.78 is 0. The Morgan fingerprint density at radius 1 is 1.27 bits per heavy atom. The quantitative estimate of drug-likeness (QED) is 0.742. The molecule has 1 fully saturated rings. The van der Waals surface area contributed by atoms with E-state index < -0.39 is 0 Å². The van der Waals surface area contributed by atoms with E-state index in [2.05, 4.69) is 20.0 Å². The summed E-state index contributed by atoms with van der Waals surface area (Å²) in [6.07, 6.45) is 3.54. The molecule has 0 saturated carbocycles. The highest BCUT2D eigenvalue weighted by molar-refractivity contribution is 5.50. The van der Waals surface area contributed by atoms with Crippen LogP contribution in [-0.2, 0) is 0 Å². The van der Waals surface area contributed by atoms with E-state index in [-0.39, 0.29) is 11.8 Å². The fourth-order valence-corrected chi connectivity index (χ4v) is 1.77. The zero-order valence-electron chi connectivity index (χ0n) is 8.39. The van der Waals surface area contributed by atoms with E-state index in [0.29, 0.717) is 5.82 Å². The first-order valence-electron chi connectivity index (χ1n) is 5.02. The molecular formula is C9H13N5O. The lowest BCUT2D eigenvalue weighted by Gasteiger charge is -2.27. The molecule has 6 heteroatoms. The Labute approximate surface area is 87.5 Å². The molecule has 2 heterocycles. The maximum Gasteiger partial charge on any atom is 0.224 e. The molecule has 2 rings (SSSR count). The molecular weight excluding hydrogens is 194 g/mol. The first kappa shape index (κ1) is 9.82. The Morgan fingerprint density at radius 3 is 2.67 bits per heavy atom. The number of nitrogens with two attached hydrogens (primary N) is 1. The number of nitrogen functional groups attached to an aromatic ring is 1. The van der Waals surface area contributed by atoms with Gasteiger partial charge in [0.15, 0.2) is 0 Å². The average Bonchev–Trinajstić information content (AvgIpc) is 2.29. The van der Waals surface area contributed by atoms with Crippen LogP contribution in [0.1, 0.15) is 19.3 Å². The molecule has 0 unspecified atom stereocenters. The van der Waals surface area contributed by atoms with Crippen LogP contribution in [0.3, 0.4) is 0 Å². The highest BCUT2D eigenvalue weighted by Gasteiger charge is 2.13. The van der Waals surface area contributed by atoms with Crippen LogP contribution in [0.2, 0.25) is 0 Å². The van der Waals surface area contributed by atoms with Crippen LogP contribution < -0.4 is 10.6 Å². The topological polar surface area (TPSA) is 84.5 Å². The molecule has 0 bridgehead atoms. The van der Waals surface area contributed by atoms with Gasteiger partial charge in [0, 0.05) is 19.2 Å². The second-order valence-electron chi connectivity index (χ2n) is 3.58. The summed E-state index contributed by atoms with van der Waals surface area (Å²) in [7, 11) is 0. The van der Waals surface area contributed by atoms with Crippen LogP contribution in [0, 0.1) is 4.91 Å². The summed E-state index contributed by atoms with van der Waals surface area (Å²) >= 11 is 0. The summed E-state index contributed by atoms with van der Waals surface area (Å²) in [5.41, 5.74) is 5.49. The monoisotopic (exact) mass is 207 g/mol. The maximum atomic E-state index is 10.4. The number of hydrogen-bond donors (Lipinski definition) is 1. The first-order chi connectivity index (χ1) is 7.29. The van der Waals surface area contributed by atoms with Crippen molar-refractivity contribution in [3.05, 3.63) is 11.0 Å². The third-order valence-corrected chi connectivity index (χ3v) is 2.49. The molecule has 1 saturated heterocycles. The molecule has 0 atom stereocenters. The Kier molecular flexibility index (Phi) is 2.75. The molecule has 0 aliphatic carbocycles. The fourth-order valence-electron chi connectivity index (χ4n) is 1.77. The lowest BCUT2D eigenvalue weighted by molar-refractivity contribution is 0.573. The minimum atomic E-state index is 0.100. The molecule has 80 valence electrons. The average molecular weight is 207 g/mol. The normalized spacial score (nSPS) is 16.4. The van der Waals surface area contributed by atoms with Gasteiger partial charge in [-0.3, -0.25) is 0 Å². The van der Waals surface area contributed by atoms with Crippen molar-refractivity contribution in [2.24, 2.45) is 5.18 Å². The minimum Gasteiger partial charge on any atom is -0.368 e. The van der Waals surface area contributed by atoms with Crippen LogP contribution in [0.4, 0.5) is 17.6 Å².